The van der Waals surface area contributed by atoms with Gasteiger partial charge >= 0.3 is 5.97 Å². The van der Waals surface area contributed by atoms with Crippen LogP contribution in [0.5, 0.6) is 5.75 Å². The summed E-state index contributed by atoms with van der Waals surface area (Å²) in [7, 11) is 0. The van der Waals surface area contributed by atoms with Crippen molar-refractivity contribution in [1.29, 1.82) is 0 Å². The molecule has 3 heteroatoms. The number of benzene rings is 1. The first-order valence-electron chi connectivity index (χ1n) is 5.77. The predicted octanol–water partition coefficient (Wildman–Crippen LogP) is 3.27. The standard InChI is InChI=1S/C14H20O3/c1-9(7-13(16)17)11-6-5-10(15)8-12(11)14(2,3)4/h5-6,8-9,15H,7H2,1-4H3,(H,16,17). The molecule has 0 fully saturated rings. The summed E-state index contributed by atoms with van der Waals surface area (Å²) in [5.41, 5.74) is 1.89. The zero-order valence-corrected chi connectivity index (χ0v) is 10.8. The van der Waals surface area contributed by atoms with Crippen LogP contribution in [0.2, 0.25) is 0 Å². The average Bonchev–Trinajstić information content (AvgIpc) is 2.14. The number of phenolic OH excluding ortho intramolecular Hbond substituents is 1. The van der Waals surface area contributed by atoms with E-state index in [1.54, 1.807) is 12.1 Å². The normalized spacial score (nSPS) is 13.4. The third-order valence-electron chi connectivity index (χ3n) is 2.86. The maximum atomic E-state index is 10.8. The van der Waals surface area contributed by atoms with Gasteiger partial charge in [-0.3, -0.25) is 4.79 Å². The summed E-state index contributed by atoms with van der Waals surface area (Å²) in [5.74, 6) is -0.631. The fourth-order valence-corrected chi connectivity index (χ4v) is 2.00. The van der Waals surface area contributed by atoms with Crippen LogP contribution in [0.4, 0.5) is 0 Å². The summed E-state index contributed by atoms with van der Waals surface area (Å²) in [6.45, 7) is 8.06. The zero-order chi connectivity index (χ0) is 13.2. The van der Waals surface area contributed by atoms with E-state index in [9.17, 15) is 9.90 Å². The smallest absolute Gasteiger partial charge is 0.303 e. The largest absolute Gasteiger partial charge is 0.508 e. The van der Waals surface area contributed by atoms with Crippen LogP contribution in [0.3, 0.4) is 0 Å². The highest BCUT2D eigenvalue weighted by Crippen LogP contribution is 2.34. The molecule has 1 rings (SSSR count). The molecule has 0 heterocycles. The number of rotatable bonds is 3. The van der Waals surface area contributed by atoms with Crippen molar-refractivity contribution in [3.8, 4) is 5.75 Å². The van der Waals surface area contributed by atoms with E-state index in [4.69, 9.17) is 5.11 Å². The highest BCUT2D eigenvalue weighted by atomic mass is 16.4. The molecule has 0 saturated heterocycles. The lowest BCUT2D eigenvalue weighted by atomic mass is 9.79. The zero-order valence-electron chi connectivity index (χ0n) is 10.8. The van der Waals surface area contributed by atoms with Crippen molar-refractivity contribution in [2.24, 2.45) is 0 Å². The van der Waals surface area contributed by atoms with Gasteiger partial charge in [0.25, 0.3) is 0 Å². The highest BCUT2D eigenvalue weighted by molar-refractivity contribution is 5.68. The minimum atomic E-state index is -0.801. The van der Waals surface area contributed by atoms with Gasteiger partial charge in [-0.15, -0.1) is 0 Å². The van der Waals surface area contributed by atoms with Gasteiger partial charge in [-0.25, -0.2) is 0 Å². The lowest BCUT2D eigenvalue weighted by Gasteiger charge is -2.25. The fraction of sp³-hybridized carbons (Fsp3) is 0.500. The second kappa shape index (κ2) is 4.78. The van der Waals surface area contributed by atoms with Crippen molar-refractivity contribution in [2.45, 2.75) is 45.4 Å². The Hall–Kier alpha value is -1.51. The Bertz CT molecular complexity index is 416. The summed E-state index contributed by atoms with van der Waals surface area (Å²) < 4.78 is 0. The molecule has 1 unspecified atom stereocenters. The van der Waals surface area contributed by atoms with Crippen molar-refractivity contribution in [2.75, 3.05) is 0 Å². The van der Waals surface area contributed by atoms with Gasteiger partial charge in [0.15, 0.2) is 0 Å². The van der Waals surface area contributed by atoms with Gasteiger partial charge < -0.3 is 10.2 Å². The van der Waals surface area contributed by atoms with E-state index in [2.05, 4.69) is 20.8 Å². The summed E-state index contributed by atoms with van der Waals surface area (Å²) >= 11 is 0. The molecule has 0 spiro atoms. The Kier molecular flexibility index (Phi) is 3.81. The van der Waals surface area contributed by atoms with Crippen molar-refractivity contribution in [1.82, 2.24) is 0 Å². The van der Waals surface area contributed by atoms with Crippen LogP contribution in [0.15, 0.2) is 18.2 Å². The molecule has 94 valence electrons. The van der Waals surface area contributed by atoms with Gasteiger partial charge in [-0.1, -0.05) is 33.8 Å². The minimum absolute atomic E-state index is 0.0534. The Morgan fingerprint density at radius 3 is 2.41 bits per heavy atom. The van der Waals surface area contributed by atoms with Crippen LogP contribution >= 0.6 is 0 Å². The third-order valence-corrected chi connectivity index (χ3v) is 2.86. The van der Waals surface area contributed by atoms with Crippen molar-refractivity contribution in [3.63, 3.8) is 0 Å². The van der Waals surface area contributed by atoms with Gasteiger partial charge in [0.2, 0.25) is 0 Å². The van der Waals surface area contributed by atoms with E-state index < -0.39 is 5.97 Å². The maximum Gasteiger partial charge on any atom is 0.303 e. The molecule has 3 nitrogen and oxygen atoms in total. The van der Waals surface area contributed by atoms with E-state index in [0.29, 0.717) is 0 Å². The first kappa shape index (κ1) is 13.6. The molecule has 0 amide bonds. The Morgan fingerprint density at radius 1 is 1.35 bits per heavy atom. The molecule has 2 N–H and O–H groups in total. The van der Waals surface area contributed by atoms with Crippen molar-refractivity contribution < 1.29 is 15.0 Å². The lowest BCUT2D eigenvalue weighted by molar-refractivity contribution is -0.137. The van der Waals surface area contributed by atoms with Gasteiger partial charge in [-0.2, -0.15) is 0 Å². The van der Waals surface area contributed by atoms with Gasteiger partial charge in [-0.05, 0) is 34.6 Å². The van der Waals surface area contributed by atoms with E-state index in [0.717, 1.165) is 11.1 Å². The summed E-state index contributed by atoms with van der Waals surface area (Å²) in [4.78, 5) is 10.8. The van der Waals surface area contributed by atoms with Gasteiger partial charge in [0, 0.05) is 0 Å². The first-order chi connectivity index (χ1) is 7.71. The minimum Gasteiger partial charge on any atom is -0.508 e. The molecular weight excluding hydrogens is 216 g/mol. The maximum absolute atomic E-state index is 10.8. The monoisotopic (exact) mass is 236 g/mol. The topological polar surface area (TPSA) is 57.5 Å². The molecule has 0 aliphatic rings. The summed E-state index contributed by atoms with van der Waals surface area (Å²) in [5, 5.41) is 18.4. The number of phenols is 1. The molecule has 1 atom stereocenters. The molecule has 0 radical (unpaired) electrons. The van der Waals surface area contributed by atoms with Crippen LogP contribution in [-0.2, 0) is 10.2 Å². The number of hydrogen-bond donors (Lipinski definition) is 2. The molecule has 0 aliphatic carbocycles. The number of carboxylic acid groups (broad SMARTS) is 1. The van der Waals surface area contributed by atoms with E-state index in [1.165, 1.54) is 0 Å². The van der Waals surface area contributed by atoms with E-state index >= 15 is 0 Å². The van der Waals surface area contributed by atoms with E-state index in [1.807, 2.05) is 13.0 Å². The molecule has 0 saturated carbocycles. The molecule has 0 aliphatic heterocycles. The summed E-state index contributed by atoms with van der Waals surface area (Å²) in [6.07, 6.45) is 0.105. The Balaban J connectivity index is 3.19. The molecular formula is C14H20O3. The Morgan fingerprint density at radius 2 is 1.94 bits per heavy atom. The third kappa shape index (κ3) is 3.48. The van der Waals surface area contributed by atoms with Crippen LogP contribution in [0.25, 0.3) is 0 Å². The number of hydrogen-bond acceptors (Lipinski definition) is 2. The highest BCUT2D eigenvalue weighted by Gasteiger charge is 2.22. The van der Waals surface area contributed by atoms with Crippen LogP contribution in [-0.4, -0.2) is 16.2 Å². The number of carbonyl (C=O) groups is 1. The first-order valence-corrected chi connectivity index (χ1v) is 5.77. The van der Waals surface area contributed by atoms with Crippen molar-refractivity contribution in [3.05, 3.63) is 29.3 Å². The predicted molar refractivity (Wildman–Crippen MR) is 67.5 cm³/mol. The summed E-state index contributed by atoms with van der Waals surface area (Å²) in [6, 6.07) is 5.17. The molecule has 0 bridgehead atoms. The second-order valence-electron chi connectivity index (χ2n) is 5.52. The SMILES string of the molecule is CC(CC(=O)O)c1ccc(O)cc1C(C)(C)C. The number of aliphatic carboxylic acids is 1. The quantitative estimate of drug-likeness (QED) is 0.846. The van der Waals surface area contributed by atoms with Crippen LogP contribution in [0, 0.1) is 0 Å². The molecule has 1 aromatic carbocycles. The van der Waals surface area contributed by atoms with Crippen LogP contribution in [0.1, 0.15) is 51.2 Å². The fourth-order valence-electron chi connectivity index (χ4n) is 2.00. The molecule has 1 aromatic rings. The van der Waals surface area contributed by atoms with Gasteiger partial charge in [0.05, 0.1) is 6.42 Å². The molecule has 0 aromatic heterocycles. The van der Waals surface area contributed by atoms with Crippen molar-refractivity contribution >= 4 is 5.97 Å². The second-order valence-corrected chi connectivity index (χ2v) is 5.52. The lowest BCUT2D eigenvalue weighted by Crippen LogP contribution is -2.16. The average molecular weight is 236 g/mol. The molecule has 17 heavy (non-hydrogen) atoms. The number of aromatic hydroxyl groups is 1. The number of carboxylic acids is 1. The van der Waals surface area contributed by atoms with E-state index in [-0.39, 0.29) is 23.5 Å². The van der Waals surface area contributed by atoms with Crippen LogP contribution < -0.4 is 0 Å². The Labute approximate surface area is 102 Å². The van der Waals surface area contributed by atoms with Gasteiger partial charge in [0.1, 0.15) is 5.75 Å².